The number of carbonyl (C=O) groups is 1. The molecule has 0 atom stereocenters. The molecular formula is C24H18N4O2. The SMILES string of the molecule is COc1ccc(-c2nnc3c(C(=O)Nc4cccc5ccccc45)cccn23)cc1. The number of carbonyl (C=O) groups excluding carboxylic acids is 1. The molecule has 6 nitrogen and oxygen atoms in total. The Morgan fingerprint density at radius 2 is 1.70 bits per heavy atom. The Kier molecular flexibility index (Phi) is 4.37. The number of pyridine rings is 1. The van der Waals surface area contributed by atoms with Crippen molar-refractivity contribution in [3.8, 4) is 17.1 Å². The molecule has 0 radical (unpaired) electrons. The fourth-order valence-electron chi connectivity index (χ4n) is 3.55. The number of nitrogens with zero attached hydrogens (tertiary/aromatic N) is 3. The largest absolute Gasteiger partial charge is 0.497 e. The van der Waals surface area contributed by atoms with Gasteiger partial charge in [-0.25, -0.2) is 0 Å². The highest BCUT2D eigenvalue weighted by Gasteiger charge is 2.17. The Balaban J connectivity index is 1.53. The van der Waals surface area contributed by atoms with Crippen molar-refractivity contribution in [1.82, 2.24) is 14.6 Å². The van der Waals surface area contributed by atoms with Crippen LogP contribution < -0.4 is 10.1 Å². The molecule has 0 bridgehead atoms. The fraction of sp³-hybridized carbons (Fsp3) is 0.0417. The first kappa shape index (κ1) is 17.9. The van der Waals surface area contributed by atoms with E-state index in [9.17, 15) is 4.79 Å². The summed E-state index contributed by atoms with van der Waals surface area (Å²) in [5.41, 5.74) is 2.60. The van der Waals surface area contributed by atoms with E-state index in [4.69, 9.17) is 4.74 Å². The number of aromatic nitrogens is 3. The van der Waals surface area contributed by atoms with E-state index in [-0.39, 0.29) is 5.91 Å². The van der Waals surface area contributed by atoms with Gasteiger partial charge in [0.05, 0.1) is 12.7 Å². The topological polar surface area (TPSA) is 68.5 Å². The van der Waals surface area contributed by atoms with Gasteiger partial charge in [0.15, 0.2) is 11.5 Å². The fourth-order valence-corrected chi connectivity index (χ4v) is 3.55. The molecule has 0 aliphatic carbocycles. The summed E-state index contributed by atoms with van der Waals surface area (Å²) in [7, 11) is 1.63. The van der Waals surface area contributed by atoms with Gasteiger partial charge in [0.2, 0.25) is 0 Å². The Morgan fingerprint density at radius 3 is 2.53 bits per heavy atom. The first-order valence-corrected chi connectivity index (χ1v) is 9.52. The Hall–Kier alpha value is -4.19. The maximum atomic E-state index is 13.1. The average molecular weight is 394 g/mol. The lowest BCUT2D eigenvalue weighted by molar-refractivity contribution is 0.102. The van der Waals surface area contributed by atoms with Crippen molar-refractivity contribution in [1.29, 1.82) is 0 Å². The maximum absolute atomic E-state index is 13.1. The predicted molar refractivity (Wildman–Crippen MR) is 117 cm³/mol. The third-order valence-electron chi connectivity index (χ3n) is 5.07. The van der Waals surface area contributed by atoms with E-state index in [1.807, 2.05) is 83.4 Å². The van der Waals surface area contributed by atoms with Crippen LogP contribution in [-0.2, 0) is 0 Å². The third-order valence-corrected chi connectivity index (χ3v) is 5.07. The van der Waals surface area contributed by atoms with E-state index in [0.29, 0.717) is 17.0 Å². The third kappa shape index (κ3) is 3.04. The van der Waals surface area contributed by atoms with Gasteiger partial charge in [0.1, 0.15) is 5.75 Å². The van der Waals surface area contributed by atoms with Crippen LogP contribution in [0, 0.1) is 0 Å². The number of amides is 1. The van der Waals surface area contributed by atoms with Gasteiger partial charge in [-0.05, 0) is 47.9 Å². The second kappa shape index (κ2) is 7.33. The minimum absolute atomic E-state index is 0.231. The van der Waals surface area contributed by atoms with Crippen molar-refractivity contribution in [3.63, 3.8) is 0 Å². The highest BCUT2D eigenvalue weighted by atomic mass is 16.5. The van der Waals surface area contributed by atoms with Gasteiger partial charge in [-0.2, -0.15) is 0 Å². The number of benzene rings is 3. The van der Waals surface area contributed by atoms with Gasteiger partial charge < -0.3 is 10.1 Å². The predicted octanol–water partition coefficient (Wildman–Crippen LogP) is 4.81. The zero-order valence-electron chi connectivity index (χ0n) is 16.2. The minimum Gasteiger partial charge on any atom is -0.497 e. The van der Waals surface area contributed by atoms with Crippen molar-refractivity contribution < 1.29 is 9.53 Å². The number of hydrogen-bond donors (Lipinski definition) is 1. The summed E-state index contributed by atoms with van der Waals surface area (Å²) >= 11 is 0. The first-order chi connectivity index (χ1) is 14.7. The lowest BCUT2D eigenvalue weighted by Gasteiger charge is -2.09. The molecule has 2 heterocycles. The van der Waals surface area contributed by atoms with Crippen LogP contribution in [0.4, 0.5) is 5.69 Å². The van der Waals surface area contributed by atoms with E-state index in [2.05, 4.69) is 15.5 Å². The van der Waals surface area contributed by atoms with Crippen molar-refractivity contribution in [2.24, 2.45) is 0 Å². The molecule has 5 rings (SSSR count). The van der Waals surface area contributed by atoms with Crippen LogP contribution in [0.5, 0.6) is 5.75 Å². The number of rotatable bonds is 4. The summed E-state index contributed by atoms with van der Waals surface area (Å²) in [6, 6.07) is 24.9. The van der Waals surface area contributed by atoms with E-state index in [0.717, 1.165) is 27.8 Å². The van der Waals surface area contributed by atoms with Gasteiger partial charge in [0.25, 0.3) is 5.91 Å². The summed E-state index contributed by atoms with van der Waals surface area (Å²) in [6.07, 6.45) is 1.85. The number of anilines is 1. The first-order valence-electron chi connectivity index (χ1n) is 9.52. The number of nitrogens with one attached hydrogen (secondary N) is 1. The molecule has 6 heteroatoms. The summed E-state index contributed by atoms with van der Waals surface area (Å²) in [5.74, 6) is 1.20. The van der Waals surface area contributed by atoms with Crippen LogP contribution in [0.1, 0.15) is 10.4 Å². The molecule has 5 aromatic rings. The molecule has 0 spiro atoms. The Bertz CT molecular complexity index is 1370. The van der Waals surface area contributed by atoms with Crippen molar-refractivity contribution in [2.75, 3.05) is 12.4 Å². The summed E-state index contributed by atoms with van der Waals surface area (Å²) in [6.45, 7) is 0. The molecule has 0 saturated carbocycles. The highest BCUT2D eigenvalue weighted by molar-refractivity contribution is 6.11. The van der Waals surface area contributed by atoms with Crippen molar-refractivity contribution >= 4 is 28.0 Å². The number of methoxy groups -OCH3 is 1. The normalized spacial score (nSPS) is 11.0. The Labute approximate surface area is 172 Å². The average Bonchev–Trinajstić information content (AvgIpc) is 3.23. The molecule has 30 heavy (non-hydrogen) atoms. The molecule has 1 N–H and O–H groups in total. The van der Waals surface area contributed by atoms with Crippen LogP contribution in [0.2, 0.25) is 0 Å². The molecule has 0 fully saturated rings. The monoisotopic (exact) mass is 394 g/mol. The van der Waals surface area contributed by atoms with E-state index in [1.54, 1.807) is 13.2 Å². The summed E-state index contributed by atoms with van der Waals surface area (Å²) in [5, 5.41) is 13.7. The van der Waals surface area contributed by atoms with Gasteiger partial charge in [-0.1, -0.05) is 36.4 Å². The quantitative estimate of drug-likeness (QED) is 0.475. The standard InChI is InChI=1S/C24H18N4O2/c1-30-18-13-11-17(12-14-18)22-26-27-23-20(9-5-15-28(22)23)24(29)25-21-10-4-7-16-6-2-3-8-19(16)21/h2-15H,1H3,(H,25,29). The number of ether oxygens (including phenoxy) is 1. The van der Waals surface area contributed by atoms with Crippen LogP contribution >= 0.6 is 0 Å². The van der Waals surface area contributed by atoms with Crippen molar-refractivity contribution in [2.45, 2.75) is 0 Å². The lowest BCUT2D eigenvalue weighted by Crippen LogP contribution is -2.13. The van der Waals surface area contributed by atoms with E-state index < -0.39 is 0 Å². The second-order valence-corrected chi connectivity index (χ2v) is 6.85. The van der Waals surface area contributed by atoms with Crippen LogP contribution in [0.15, 0.2) is 85.1 Å². The molecule has 0 unspecified atom stereocenters. The Morgan fingerprint density at radius 1 is 0.900 bits per heavy atom. The minimum atomic E-state index is -0.231. The van der Waals surface area contributed by atoms with Gasteiger partial charge in [-0.15, -0.1) is 10.2 Å². The van der Waals surface area contributed by atoms with E-state index >= 15 is 0 Å². The lowest BCUT2D eigenvalue weighted by atomic mass is 10.1. The maximum Gasteiger partial charge on any atom is 0.259 e. The van der Waals surface area contributed by atoms with Crippen molar-refractivity contribution in [3.05, 3.63) is 90.6 Å². The molecule has 1 amide bonds. The van der Waals surface area contributed by atoms with Crippen LogP contribution in [-0.4, -0.2) is 27.6 Å². The molecular weight excluding hydrogens is 376 g/mol. The molecule has 3 aromatic carbocycles. The smallest absolute Gasteiger partial charge is 0.259 e. The van der Waals surface area contributed by atoms with E-state index in [1.165, 1.54) is 0 Å². The van der Waals surface area contributed by atoms with Crippen LogP contribution in [0.25, 0.3) is 27.8 Å². The van der Waals surface area contributed by atoms with Crippen LogP contribution in [0.3, 0.4) is 0 Å². The molecule has 146 valence electrons. The van der Waals surface area contributed by atoms with Gasteiger partial charge in [0, 0.05) is 22.8 Å². The zero-order valence-corrected chi connectivity index (χ0v) is 16.2. The summed E-state index contributed by atoms with van der Waals surface area (Å²) < 4.78 is 7.04. The summed E-state index contributed by atoms with van der Waals surface area (Å²) in [4.78, 5) is 13.1. The van der Waals surface area contributed by atoms with Gasteiger partial charge >= 0.3 is 0 Å². The molecule has 0 aliphatic rings. The second-order valence-electron chi connectivity index (χ2n) is 6.85. The zero-order chi connectivity index (χ0) is 20.5. The molecule has 0 aliphatic heterocycles. The highest BCUT2D eigenvalue weighted by Crippen LogP contribution is 2.25. The molecule has 0 saturated heterocycles. The number of hydrogen-bond acceptors (Lipinski definition) is 4. The molecule has 2 aromatic heterocycles. The van der Waals surface area contributed by atoms with Gasteiger partial charge in [-0.3, -0.25) is 9.20 Å². The number of fused-ring (bicyclic) bond motifs is 2.